The summed E-state index contributed by atoms with van der Waals surface area (Å²) in [5.41, 5.74) is 6.18. The number of hydrogen-bond donors (Lipinski definition) is 1. The molecule has 2 N–H and O–H groups in total. The third-order valence-corrected chi connectivity index (χ3v) is 4.81. The second-order valence-electron chi connectivity index (χ2n) is 6.26. The summed E-state index contributed by atoms with van der Waals surface area (Å²) < 4.78 is 5.06. The monoisotopic (exact) mass is 296 g/mol. The van der Waals surface area contributed by atoms with Crippen LogP contribution in [0.5, 0.6) is 0 Å². The van der Waals surface area contributed by atoms with Gasteiger partial charge in [0.25, 0.3) is 0 Å². The van der Waals surface area contributed by atoms with Gasteiger partial charge in [0.05, 0.1) is 18.4 Å². The molecule has 0 aromatic rings. The molecule has 0 radical (unpaired) electrons. The molecule has 1 aliphatic heterocycles. The Morgan fingerprint density at radius 2 is 1.76 bits per heavy atom. The summed E-state index contributed by atoms with van der Waals surface area (Å²) in [6.45, 7) is 3.57. The Labute approximate surface area is 127 Å². The Hall–Kier alpha value is -1.10. The SMILES string of the molecule is CCOC(=O)C1CCN(C(=O)C2CCCCCC2N)CC1. The lowest BCUT2D eigenvalue weighted by molar-refractivity contribution is -0.152. The van der Waals surface area contributed by atoms with Crippen LogP contribution in [0, 0.1) is 11.8 Å². The molecule has 2 aliphatic rings. The van der Waals surface area contributed by atoms with E-state index in [1.807, 2.05) is 11.8 Å². The Kier molecular flexibility index (Phi) is 6.03. The molecule has 1 saturated carbocycles. The molecule has 1 amide bonds. The summed E-state index contributed by atoms with van der Waals surface area (Å²) in [4.78, 5) is 26.3. The first-order valence-corrected chi connectivity index (χ1v) is 8.34. The van der Waals surface area contributed by atoms with E-state index in [0.717, 1.165) is 25.7 Å². The Bertz CT molecular complexity index is 365. The van der Waals surface area contributed by atoms with Crippen molar-refractivity contribution in [3.05, 3.63) is 0 Å². The molecule has 5 heteroatoms. The van der Waals surface area contributed by atoms with Crippen LogP contribution in [-0.4, -0.2) is 42.5 Å². The van der Waals surface area contributed by atoms with E-state index in [1.54, 1.807) is 0 Å². The quantitative estimate of drug-likeness (QED) is 0.635. The number of rotatable bonds is 3. The fourth-order valence-electron chi connectivity index (χ4n) is 3.47. The van der Waals surface area contributed by atoms with E-state index < -0.39 is 0 Å². The van der Waals surface area contributed by atoms with Gasteiger partial charge in [-0.25, -0.2) is 0 Å². The fraction of sp³-hybridized carbons (Fsp3) is 0.875. The average molecular weight is 296 g/mol. The van der Waals surface area contributed by atoms with Gasteiger partial charge in [-0.3, -0.25) is 9.59 Å². The van der Waals surface area contributed by atoms with Gasteiger partial charge in [-0.2, -0.15) is 0 Å². The molecular weight excluding hydrogens is 268 g/mol. The molecule has 2 fully saturated rings. The van der Waals surface area contributed by atoms with E-state index in [0.29, 0.717) is 32.5 Å². The highest BCUT2D eigenvalue weighted by molar-refractivity contribution is 5.80. The Morgan fingerprint density at radius 1 is 1.10 bits per heavy atom. The first-order chi connectivity index (χ1) is 10.1. The molecule has 1 heterocycles. The van der Waals surface area contributed by atoms with Crippen molar-refractivity contribution in [1.29, 1.82) is 0 Å². The van der Waals surface area contributed by atoms with Gasteiger partial charge in [0.15, 0.2) is 0 Å². The lowest BCUT2D eigenvalue weighted by Gasteiger charge is -2.34. The van der Waals surface area contributed by atoms with Crippen LogP contribution < -0.4 is 5.73 Å². The number of nitrogens with two attached hydrogens (primary N) is 1. The zero-order chi connectivity index (χ0) is 15.2. The highest BCUT2D eigenvalue weighted by atomic mass is 16.5. The summed E-state index contributed by atoms with van der Waals surface area (Å²) in [6.07, 6.45) is 6.72. The summed E-state index contributed by atoms with van der Waals surface area (Å²) in [7, 11) is 0. The molecule has 1 saturated heterocycles. The van der Waals surface area contributed by atoms with Crippen molar-refractivity contribution in [2.75, 3.05) is 19.7 Å². The average Bonchev–Trinajstić information content (AvgIpc) is 2.71. The standard InChI is InChI=1S/C16H28N2O3/c1-2-21-16(20)12-8-10-18(11-9-12)15(19)13-6-4-3-5-7-14(13)17/h12-14H,2-11,17H2,1H3. The minimum Gasteiger partial charge on any atom is -0.466 e. The third-order valence-electron chi connectivity index (χ3n) is 4.81. The lowest BCUT2D eigenvalue weighted by Crippen LogP contribution is -2.47. The zero-order valence-electron chi connectivity index (χ0n) is 13.1. The molecule has 0 bridgehead atoms. The molecule has 2 atom stereocenters. The Morgan fingerprint density at radius 3 is 2.43 bits per heavy atom. The highest BCUT2D eigenvalue weighted by Crippen LogP contribution is 2.26. The van der Waals surface area contributed by atoms with Crippen molar-refractivity contribution >= 4 is 11.9 Å². The van der Waals surface area contributed by atoms with Gasteiger partial charge in [-0.1, -0.05) is 19.3 Å². The minimum atomic E-state index is -0.115. The first kappa shape index (κ1) is 16.3. The maximum Gasteiger partial charge on any atom is 0.309 e. The van der Waals surface area contributed by atoms with Crippen molar-refractivity contribution in [2.24, 2.45) is 17.6 Å². The molecule has 21 heavy (non-hydrogen) atoms. The first-order valence-electron chi connectivity index (χ1n) is 8.34. The van der Waals surface area contributed by atoms with E-state index >= 15 is 0 Å². The van der Waals surface area contributed by atoms with Crippen LogP contribution in [0.4, 0.5) is 0 Å². The summed E-state index contributed by atoms with van der Waals surface area (Å²) >= 11 is 0. The number of esters is 1. The number of ether oxygens (including phenoxy) is 1. The highest BCUT2D eigenvalue weighted by Gasteiger charge is 2.34. The van der Waals surface area contributed by atoms with Crippen LogP contribution >= 0.6 is 0 Å². The second-order valence-corrected chi connectivity index (χ2v) is 6.26. The van der Waals surface area contributed by atoms with E-state index in [-0.39, 0.29) is 29.8 Å². The van der Waals surface area contributed by atoms with Crippen molar-refractivity contribution in [3.63, 3.8) is 0 Å². The van der Waals surface area contributed by atoms with E-state index in [9.17, 15) is 9.59 Å². The molecule has 5 nitrogen and oxygen atoms in total. The van der Waals surface area contributed by atoms with E-state index in [2.05, 4.69) is 0 Å². The van der Waals surface area contributed by atoms with Crippen LogP contribution in [0.15, 0.2) is 0 Å². The Balaban J connectivity index is 1.86. The number of piperidine rings is 1. The van der Waals surface area contributed by atoms with Gasteiger partial charge in [0, 0.05) is 19.1 Å². The van der Waals surface area contributed by atoms with Crippen LogP contribution in [0.3, 0.4) is 0 Å². The van der Waals surface area contributed by atoms with Crippen LogP contribution in [0.2, 0.25) is 0 Å². The van der Waals surface area contributed by atoms with Crippen molar-refractivity contribution in [1.82, 2.24) is 4.90 Å². The van der Waals surface area contributed by atoms with Gasteiger partial charge < -0.3 is 15.4 Å². The zero-order valence-corrected chi connectivity index (χ0v) is 13.1. The van der Waals surface area contributed by atoms with Crippen molar-refractivity contribution in [2.45, 2.75) is 57.9 Å². The number of carbonyl (C=O) groups excluding carboxylic acids is 2. The van der Waals surface area contributed by atoms with Gasteiger partial charge >= 0.3 is 5.97 Å². The second kappa shape index (κ2) is 7.78. The smallest absolute Gasteiger partial charge is 0.309 e. The van der Waals surface area contributed by atoms with Crippen molar-refractivity contribution < 1.29 is 14.3 Å². The maximum absolute atomic E-state index is 12.6. The normalized spacial score (nSPS) is 28.0. The van der Waals surface area contributed by atoms with Gasteiger partial charge in [0.1, 0.15) is 0 Å². The van der Waals surface area contributed by atoms with Gasteiger partial charge in [-0.05, 0) is 32.6 Å². The molecule has 0 aromatic carbocycles. The molecule has 0 aromatic heterocycles. The molecule has 1 aliphatic carbocycles. The minimum absolute atomic E-state index is 0.00257. The molecule has 2 rings (SSSR count). The van der Waals surface area contributed by atoms with Crippen molar-refractivity contribution in [3.8, 4) is 0 Å². The predicted octanol–water partition coefficient (Wildman–Crippen LogP) is 1.70. The summed E-state index contributed by atoms with van der Waals surface area (Å²) in [5, 5.41) is 0. The molecule has 2 unspecified atom stereocenters. The molecule has 0 spiro atoms. The van der Waals surface area contributed by atoms with Crippen LogP contribution in [0.1, 0.15) is 51.9 Å². The largest absolute Gasteiger partial charge is 0.466 e. The molecule has 120 valence electrons. The number of likely N-dealkylation sites (tertiary alicyclic amines) is 1. The van der Waals surface area contributed by atoms with Crippen LogP contribution in [-0.2, 0) is 14.3 Å². The number of nitrogens with zero attached hydrogens (tertiary/aromatic N) is 1. The van der Waals surface area contributed by atoms with E-state index in [4.69, 9.17) is 10.5 Å². The van der Waals surface area contributed by atoms with Gasteiger partial charge in [0.2, 0.25) is 5.91 Å². The molecular formula is C16H28N2O3. The number of amides is 1. The van der Waals surface area contributed by atoms with E-state index in [1.165, 1.54) is 6.42 Å². The number of hydrogen-bond acceptors (Lipinski definition) is 4. The third kappa shape index (κ3) is 4.19. The lowest BCUT2D eigenvalue weighted by atomic mass is 9.91. The van der Waals surface area contributed by atoms with Crippen LogP contribution in [0.25, 0.3) is 0 Å². The summed E-state index contributed by atoms with van der Waals surface area (Å²) in [6, 6.07) is 0.00257. The maximum atomic E-state index is 12.6. The van der Waals surface area contributed by atoms with Gasteiger partial charge in [-0.15, -0.1) is 0 Å². The predicted molar refractivity (Wildman–Crippen MR) is 80.5 cm³/mol. The summed E-state index contributed by atoms with van der Waals surface area (Å²) in [5.74, 6) is 0.0194. The topological polar surface area (TPSA) is 72.6 Å². The fourth-order valence-corrected chi connectivity index (χ4v) is 3.47. The number of carbonyl (C=O) groups is 2.